The third kappa shape index (κ3) is 3.57. The zero-order chi connectivity index (χ0) is 18.9. The fourth-order valence-electron chi connectivity index (χ4n) is 8.59. The number of allylic oxidation sites excluding steroid dienone is 2. The van der Waals surface area contributed by atoms with Gasteiger partial charge < -0.3 is 0 Å². The summed E-state index contributed by atoms with van der Waals surface area (Å²) in [6, 6.07) is 0. The molecule has 0 heterocycles. The van der Waals surface area contributed by atoms with Crippen LogP contribution >= 0.6 is 0 Å². The second-order valence-electron chi connectivity index (χ2n) is 11.4. The largest absolute Gasteiger partial charge is 0.0882 e. The van der Waals surface area contributed by atoms with Gasteiger partial charge in [-0.25, -0.2) is 0 Å². The summed E-state index contributed by atoms with van der Waals surface area (Å²) >= 11 is 0. The number of rotatable bonds is 7. The van der Waals surface area contributed by atoms with Gasteiger partial charge in [0.05, 0.1) is 0 Å². The van der Waals surface area contributed by atoms with Crippen molar-refractivity contribution >= 4 is 0 Å². The van der Waals surface area contributed by atoms with Crippen LogP contribution in [0.3, 0.4) is 0 Å². The summed E-state index contributed by atoms with van der Waals surface area (Å²) in [5, 5.41) is 0. The van der Waals surface area contributed by atoms with Gasteiger partial charge in [0.15, 0.2) is 0 Å². The molecule has 27 heavy (non-hydrogen) atoms. The van der Waals surface area contributed by atoms with Crippen LogP contribution in [0.15, 0.2) is 12.2 Å². The van der Waals surface area contributed by atoms with Crippen molar-refractivity contribution in [3.63, 3.8) is 0 Å². The smallest absolute Gasteiger partial charge is 0.0229 e. The topological polar surface area (TPSA) is 0 Å². The van der Waals surface area contributed by atoms with Crippen LogP contribution in [0, 0.1) is 40.4 Å². The third-order valence-corrected chi connectivity index (χ3v) is 10.3. The summed E-state index contributed by atoms with van der Waals surface area (Å²) in [5.41, 5.74) is 1.33. The van der Waals surface area contributed by atoms with Crippen molar-refractivity contribution < 1.29 is 0 Å². The highest BCUT2D eigenvalue weighted by Gasteiger charge is 2.58. The molecule has 0 heteroatoms. The highest BCUT2D eigenvalue weighted by Crippen LogP contribution is 2.67. The van der Waals surface area contributed by atoms with Crippen LogP contribution in [0.2, 0.25) is 0 Å². The van der Waals surface area contributed by atoms with Crippen molar-refractivity contribution in [2.75, 3.05) is 0 Å². The normalized spacial score (nSPS) is 46.0. The van der Waals surface area contributed by atoms with E-state index in [9.17, 15) is 0 Å². The van der Waals surface area contributed by atoms with E-state index in [2.05, 4.69) is 32.9 Å². The minimum Gasteiger partial charge on any atom is -0.0882 e. The highest BCUT2D eigenvalue weighted by molar-refractivity contribution is 5.12. The monoisotopic (exact) mass is 370 g/mol. The average molecular weight is 371 g/mol. The van der Waals surface area contributed by atoms with Gasteiger partial charge >= 0.3 is 0 Å². The first-order valence-corrected chi connectivity index (χ1v) is 12.7. The minimum absolute atomic E-state index is 0.635. The molecule has 0 aliphatic heterocycles. The van der Waals surface area contributed by atoms with Gasteiger partial charge in [0.1, 0.15) is 0 Å². The van der Waals surface area contributed by atoms with Gasteiger partial charge in [-0.2, -0.15) is 0 Å². The van der Waals surface area contributed by atoms with Crippen LogP contribution in [-0.2, 0) is 0 Å². The van der Waals surface area contributed by atoms with Crippen molar-refractivity contribution in [2.24, 2.45) is 40.4 Å². The lowest BCUT2D eigenvalue weighted by Crippen LogP contribution is -2.52. The van der Waals surface area contributed by atoms with E-state index < -0.39 is 0 Å². The van der Waals surface area contributed by atoms with E-state index in [0.29, 0.717) is 10.8 Å². The van der Waals surface area contributed by atoms with E-state index in [0.717, 1.165) is 29.6 Å². The molecule has 0 saturated heterocycles. The summed E-state index contributed by atoms with van der Waals surface area (Å²) in [6.07, 6.45) is 27.4. The average Bonchev–Trinajstić information content (AvgIpc) is 3.00. The first kappa shape index (κ1) is 20.0. The second kappa shape index (κ2) is 8.23. The maximum absolute atomic E-state index is 2.73. The molecule has 3 fully saturated rings. The maximum atomic E-state index is 2.73. The highest BCUT2D eigenvalue weighted by atomic mass is 14.6. The molecule has 0 aromatic heterocycles. The Kier molecular flexibility index (Phi) is 6.11. The lowest BCUT2D eigenvalue weighted by molar-refractivity contribution is -0.0968. The molecule has 154 valence electrons. The maximum Gasteiger partial charge on any atom is -0.0229 e. The fraction of sp³-hybridized carbons (Fsp3) is 0.926. The van der Waals surface area contributed by atoms with E-state index >= 15 is 0 Å². The molecule has 4 aliphatic rings. The summed E-state index contributed by atoms with van der Waals surface area (Å²) in [7, 11) is 0. The van der Waals surface area contributed by atoms with Gasteiger partial charge in [0, 0.05) is 0 Å². The van der Waals surface area contributed by atoms with Crippen molar-refractivity contribution in [2.45, 2.75) is 117 Å². The molecule has 3 saturated carbocycles. The fourth-order valence-corrected chi connectivity index (χ4v) is 8.59. The first-order valence-electron chi connectivity index (χ1n) is 12.7. The zero-order valence-corrected chi connectivity index (χ0v) is 18.6. The molecule has 0 nitrogen and oxygen atoms in total. The molecule has 4 aliphatic carbocycles. The third-order valence-electron chi connectivity index (χ3n) is 10.3. The molecule has 0 N–H and O–H groups in total. The Labute approximate surface area is 170 Å². The van der Waals surface area contributed by atoms with Crippen LogP contribution in [0.4, 0.5) is 0 Å². The van der Waals surface area contributed by atoms with Crippen LogP contribution in [0.5, 0.6) is 0 Å². The van der Waals surface area contributed by atoms with Crippen molar-refractivity contribution in [3.05, 3.63) is 12.2 Å². The lowest BCUT2D eigenvalue weighted by Gasteiger charge is -2.60. The molecular weight excluding hydrogens is 324 g/mol. The van der Waals surface area contributed by atoms with Crippen LogP contribution in [-0.4, -0.2) is 0 Å². The molecule has 0 amide bonds. The second-order valence-corrected chi connectivity index (χ2v) is 11.4. The van der Waals surface area contributed by atoms with Crippen LogP contribution < -0.4 is 0 Å². The van der Waals surface area contributed by atoms with Crippen molar-refractivity contribution in [1.82, 2.24) is 0 Å². The Balaban J connectivity index is 1.37. The molecule has 0 spiro atoms. The summed E-state index contributed by atoms with van der Waals surface area (Å²) in [4.78, 5) is 0. The van der Waals surface area contributed by atoms with E-state index in [-0.39, 0.29) is 0 Å². The number of hydrogen-bond acceptors (Lipinski definition) is 0. The molecule has 7 unspecified atom stereocenters. The Morgan fingerprint density at radius 3 is 2.41 bits per heavy atom. The summed E-state index contributed by atoms with van der Waals surface area (Å²) in [6.45, 7) is 7.74. The molecule has 0 radical (unpaired) electrons. The molecule has 7 atom stereocenters. The number of unbranched alkanes of at least 4 members (excludes halogenated alkanes) is 5. The quantitative estimate of drug-likeness (QED) is 0.311. The van der Waals surface area contributed by atoms with Crippen molar-refractivity contribution in [3.8, 4) is 0 Å². The Hall–Kier alpha value is -0.260. The minimum atomic E-state index is 0.635. The van der Waals surface area contributed by atoms with Crippen LogP contribution in [0.25, 0.3) is 0 Å². The number of fused-ring (bicyclic) bond motifs is 5. The zero-order valence-electron chi connectivity index (χ0n) is 18.6. The summed E-state index contributed by atoms with van der Waals surface area (Å²) in [5.74, 6) is 5.20. The van der Waals surface area contributed by atoms with Crippen LogP contribution in [0.1, 0.15) is 117 Å². The van der Waals surface area contributed by atoms with Crippen molar-refractivity contribution in [1.29, 1.82) is 0 Å². The standard InChI is InChI=1S/C27H46/c1-4-5-6-7-8-9-12-22-15-17-24-23-16-14-21-13-10-11-19-26(21,2)25(23)18-20-27(22,24)3/h10-11,21-25H,4-9,12-20H2,1-3H3. The molecule has 0 aromatic carbocycles. The van der Waals surface area contributed by atoms with Gasteiger partial charge in [0.25, 0.3) is 0 Å². The molecule has 0 aromatic rings. The molecule has 4 rings (SSSR count). The van der Waals surface area contributed by atoms with E-state index in [1.165, 1.54) is 57.8 Å². The van der Waals surface area contributed by atoms with E-state index in [1.54, 1.807) is 38.5 Å². The van der Waals surface area contributed by atoms with Gasteiger partial charge in [-0.3, -0.25) is 0 Å². The first-order chi connectivity index (χ1) is 13.1. The SMILES string of the molecule is CCCCCCCCC1CCC2C3CCC4CC=CCC4(C)C3CCC12C. The predicted molar refractivity (Wildman–Crippen MR) is 118 cm³/mol. The van der Waals surface area contributed by atoms with Gasteiger partial charge in [-0.05, 0) is 98.2 Å². The Morgan fingerprint density at radius 2 is 1.56 bits per heavy atom. The van der Waals surface area contributed by atoms with Gasteiger partial charge in [0.2, 0.25) is 0 Å². The van der Waals surface area contributed by atoms with Gasteiger partial charge in [-0.1, -0.05) is 71.4 Å². The van der Waals surface area contributed by atoms with E-state index in [1.807, 2.05) is 0 Å². The van der Waals surface area contributed by atoms with Gasteiger partial charge in [-0.15, -0.1) is 0 Å². The van der Waals surface area contributed by atoms with E-state index in [4.69, 9.17) is 0 Å². The number of hydrogen-bond donors (Lipinski definition) is 0. The molecule has 0 bridgehead atoms. The molecular formula is C27H46. The Bertz CT molecular complexity index is 518. The lowest BCUT2D eigenvalue weighted by atomic mass is 9.45. The predicted octanol–water partition coefficient (Wildman–Crippen LogP) is 8.56. The Morgan fingerprint density at radius 1 is 0.778 bits per heavy atom. The summed E-state index contributed by atoms with van der Waals surface area (Å²) < 4.78 is 0.